The lowest BCUT2D eigenvalue weighted by Crippen LogP contribution is -2.50. The summed E-state index contributed by atoms with van der Waals surface area (Å²) in [6.45, 7) is 6.05. The largest absolute Gasteiger partial charge is 0.467 e. The first-order valence-corrected chi connectivity index (χ1v) is 11.8. The Morgan fingerprint density at radius 3 is 2.45 bits per heavy atom. The first-order chi connectivity index (χ1) is 14.2. The number of rotatable bonds is 6. The van der Waals surface area contributed by atoms with Crippen molar-refractivity contribution in [2.45, 2.75) is 57.6 Å². The number of amides is 1. The first-order valence-electron chi connectivity index (χ1n) is 10.9. The summed E-state index contributed by atoms with van der Waals surface area (Å²) in [7, 11) is 0. The van der Waals surface area contributed by atoms with E-state index in [-0.39, 0.29) is 12.0 Å². The zero-order valence-electron chi connectivity index (χ0n) is 17.3. The average Bonchev–Trinajstić information content (AvgIpc) is 3.28. The fourth-order valence-electron chi connectivity index (χ4n) is 4.49. The van der Waals surface area contributed by atoms with Gasteiger partial charge in [-0.1, -0.05) is 36.8 Å². The van der Waals surface area contributed by atoms with Crippen LogP contribution in [-0.4, -0.2) is 59.0 Å². The van der Waals surface area contributed by atoms with E-state index in [2.05, 4.69) is 28.9 Å². The number of ether oxygens (including phenoxy) is 1. The lowest BCUT2D eigenvalue weighted by Gasteiger charge is -2.41. The Hall–Kier alpha value is -1.92. The van der Waals surface area contributed by atoms with Crippen LogP contribution in [-0.2, 0) is 6.42 Å². The molecule has 1 aromatic carbocycles. The van der Waals surface area contributed by atoms with Crippen LogP contribution in [0, 0.1) is 0 Å². The van der Waals surface area contributed by atoms with Gasteiger partial charge in [-0.25, -0.2) is 4.98 Å². The van der Waals surface area contributed by atoms with Crippen molar-refractivity contribution in [2.24, 2.45) is 0 Å². The van der Waals surface area contributed by atoms with Gasteiger partial charge in [-0.3, -0.25) is 9.69 Å². The number of benzene rings is 1. The Morgan fingerprint density at radius 1 is 1.10 bits per heavy atom. The Labute approximate surface area is 177 Å². The molecule has 0 spiro atoms. The topological polar surface area (TPSA) is 45.7 Å². The summed E-state index contributed by atoms with van der Waals surface area (Å²) >= 11 is 1.57. The second kappa shape index (κ2) is 9.72. The molecule has 1 aromatic heterocycles. The zero-order valence-corrected chi connectivity index (χ0v) is 18.1. The first kappa shape index (κ1) is 20.4. The van der Waals surface area contributed by atoms with E-state index in [4.69, 9.17) is 4.74 Å². The second-order valence-corrected chi connectivity index (χ2v) is 8.98. The molecule has 0 saturated carbocycles. The van der Waals surface area contributed by atoms with E-state index < -0.39 is 0 Å². The second-order valence-electron chi connectivity index (χ2n) is 8.12. The van der Waals surface area contributed by atoms with Gasteiger partial charge in [-0.15, -0.1) is 0 Å². The molecule has 0 bridgehead atoms. The van der Waals surface area contributed by atoms with Gasteiger partial charge in [0.05, 0.1) is 0 Å². The molecule has 0 aliphatic carbocycles. The number of aromatic nitrogens is 1. The third kappa shape index (κ3) is 5.17. The Kier molecular flexibility index (Phi) is 6.82. The van der Waals surface area contributed by atoms with Gasteiger partial charge in [-0.05, 0) is 49.8 Å². The van der Waals surface area contributed by atoms with Crippen LogP contribution in [0.25, 0.3) is 0 Å². The van der Waals surface area contributed by atoms with Crippen LogP contribution in [0.15, 0.2) is 35.8 Å². The van der Waals surface area contributed by atoms with Crippen molar-refractivity contribution in [3.05, 3.63) is 47.0 Å². The number of likely N-dealkylation sites (tertiary alicyclic amines) is 2. The standard InChI is InChI=1S/C23H31N3O2S/c1-2-3-18-4-6-19(7-5-18)22(27)26-13-8-20(9-14-26)25-15-10-21(11-16-25)28-23-24-12-17-29-23/h4-7,12,17,20-21H,2-3,8-11,13-16H2,1H3. The lowest BCUT2D eigenvalue weighted by atomic mass is 9.98. The smallest absolute Gasteiger partial charge is 0.273 e. The lowest BCUT2D eigenvalue weighted by molar-refractivity contribution is 0.0425. The number of nitrogens with zero attached hydrogens (tertiary/aromatic N) is 3. The van der Waals surface area contributed by atoms with Gasteiger partial charge in [0, 0.05) is 49.4 Å². The van der Waals surface area contributed by atoms with Crippen molar-refractivity contribution in [2.75, 3.05) is 26.2 Å². The molecule has 2 fully saturated rings. The van der Waals surface area contributed by atoms with Gasteiger partial charge < -0.3 is 9.64 Å². The SMILES string of the molecule is CCCc1ccc(C(=O)N2CCC(N3CCC(Oc4nccs4)CC3)CC2)cc1. The van der Waals surface area contributed by atoms with Crippen molar-refractivity contribution in [3.63, 3.8) is 0 Å². The summed E-state index contributed by atoms with van der Waals surface area (Å²) < 4.78 is 5.98. The van der Waals surface area contributed by atoms with Gasteiger partial charge >= 0.3 is 0 Å². The van der Waals surface area contributed by atoms with Crippen LogP contribution < -0.4 is 4.74 Å². The number of carbonyl (C=O) groups is 1. The molecular weight excluding hydrogens is 382 g/mol. The summed E-state index contributed by atoms with van der Waals surface area (Å²) in [4.78, 5) is 21.7. The highest BCUT2D eigenvalue weighted by molar-refractivity contribution is 7.11. The van der Waals surface area contributed by atoms with Gasteiger partial charge in [0.15, 0.2) is 0 Å². The molecule has 0 radical (unpaired) electrons. The normalized spacial score (nSPS) is 19.4. The number of aryl methyl sites for hydroxylation is 1. The zero-order chi connectivity index (χ0) is 20.1. The predicted octanol–water partition coefficient (Wildman–Crippen LogP) is 4.24. The quantitative estimate of drug-likeness (QED) is 0.710. The van der Waals surface area contributed by atoms with Gasteiger partial charge in [-0.2, -0.15) is 0 Å². The molecule has 2 aromatic rings. The highest BCUT2D eigenvalue weighted by atomic mass is 32.1. The van der Waals surface area contributed by atoms with Gasteiger partial charge in [0.2, 0.25) is 0 Å². The molecule has 1 amide bonds. The van der Waals surface area contributed by atoms with Crippen molar-refractivity contribution >= 4 is 17.2 Å². The van der Waals surface area contributed by atoms with E-state index in [9.17, 15) is 4.79 Å². The fourth-order valence-corrected chi connectivity index (χ4v) is 5.04. The third-order valence-electron chi connectivity index (χ3n) is 6.16. The maximum absolute atomic E-state index is 12.8. The van der Waals surface area contributed by atoms with Crippen LogP contribution in [0.3, 0.4) is 0 Å². The molecule has 0 atom stereocenters. The summed E-state index contributed by atoms with van der Waals surface area (Å²) in [5, 5.41) is 2.75. The maximum Gasteiger partial charge on any atom is 0.273 e. The molecule has 29 heavy (non-hydrogen) atoms. The Balaban J connectivity index is 1.22. The molecule has 2 saturated heterocycles. The number of thiazole rings is 1. The van der Waals surface area contributed by atoms with Crippen molar-refractivity contribution in [1.29, 1.82) is 0 Å². The fraction of sp³-hybridized carbons (Fsp3) is 0.565. The Morgan fingerprint density at radius 2 is 1.83 bits per heavy atom. The minimum Gasteiger partial charge on any atom is -0.467 e. The van der Waals surface area contributed by atoms with E-state index in [0.717, 1.165) is 75.5 Å². The number of hydrogen-bond donors (Lipinski definition) is 0. The molecule has 156 valence electrons. The van der Waals surface area contributed by atoms with E-state index in [1.54, 1.807) is 17.5 Å². The van der Waals surface area contributed by atoms with Gasteiger partial charge in [0.1, 0.15) is 6.10 Å². The Bertz CT molecular complexity index is 762. The highest BCUT2D eigenvalue weighted by Crippen LogP contribution is 2.25. The van der Waals surface area contributed by atoms with Crippen LogP contribution in [0.2, 0.25) is 0 Å². The van der Waals surface area contributed by atoms with E-state index >= 15 is 0 Å². The molecule has 4 rings (SSSR count). The summed E-state index contributed by atoms with van der Waals surface area (Å²) in [6.07, 6.45) is 8.54. The van der Waals surface area contributed by atoms with Crippen molar-refractivity contribution in [1.82, 2.24) is 14.8 Å². The minimum absolute atomic E-state index is 0.182. The number of hydrogen-bond acceptors (Lipinski definition) is 5. The monoisotopic (exact) mass is 413 g/mol. The number of piperidine rings is 2. The highest BCUT2D eigenvalue weighted by Gasteiger charge is 2.30. The van der Waals surface area contributed by atoms with Crippen LogP contribution >= 0.6 is 11.3 Å². The van der Waals surface area contributed by atoms with Crippen LogP contribution in [0.5, 0.6) is 5.19 Å². The molecule has 6 heteroatoms. The van der Waals surface area contributed by atoms with E-state index in [1.807, 2.05) is 22.4 Å². The molecule has 2 aliphatic rings. The van der Waals surface area contributed by atoms with Crippen molar-refractivity contribution < 1.29 is 9.53 Å². The van der Waals surface area contributed by atoms with E-state index in [0.29, 0.717) is 6.04 Å². The maximum atomic E-state index is 12.8. The summed E-state index contributed by atoms with van der Waals surface area (Å²) in [5.74, 6) is 0.182. The van der Waals surface area contributed by atoms with Crippen LogP contribution in [0.4, 0.5) is 0 Å². The average molecular weight is 414 g/mol. The molecular formula is C23H31N3O2S. The predicted molar refractivity (Wildman–Crippen MR) is 117 cm³/mol. The van der Waals surface area contributed by atoms with Crippen molar-refractivity contribution in [3.8, 4) is 5.19 Å². The summed E-state index contributed by atoms with van der Waals surface area (Å²) in [6, 6.07) is 8.77. The number of carbonyl (C=O) groups excluding carboxylic acids is 1. The molecule has 0 N–H and O–H groups in total. The molecule has 0 unspecified atom stereocenters. The van der Waals surface area contributed by atoms with E-state index in [1.165, 1.54) is 5.56 Å². The minimum atomic E-state index is 0.182. The summed E-state index contributed by atoms with van der Waals surface area (Å²) in [5.41, 5.74) is 2.13. The molecule has 5 nitrogen and oxygen atoms in total. The van der Waals surface area contributed by atoms with Crippen LogP contribution in [0.1, 0.15) is 54.9 Å². The van der Waals surface area contributed by atoms with Gasteiger partial charge in [0.25, 0.3) is 11.1 Å². The third-order valence-corrected chi connectivity index (χ3v) is 6.82. The molecule has 3 heterocycles. The molecule has 2 aliphatic heterocycles.